The molecule has 0 aliphatic carbocycles. The van der Waals surface area contributed by atoms with E-state index in [1.807, 2.05) is 26.0 Å². The number of nitrogens with zero attached hydrogens (tertiary/aromatic N) is 2. The SMILES string of the molecule is Cc1nn(CCNS(=O)(=O)c2ccc(Cl)s2)c(C)c1-c1ccco1. The fourth-order valence-electron chi connectivity index (χ4n) is 2.49. The standard InChI is InChI=1S/C15H16ClN3O3S2/c1-10-15(12-4-3-9-22-12)11(2)19(18-10)8-7-17-24(20,21)14-6-5-13(16)23-14/h3-6,9,17H,7-8H2,1-2H3. The van der Waals surface area contributed by atoms with E-state index in [1.165, 1.54) is 6.07 Å². The number of hydrogen-bond donors (Lipinski definition) is 1. The third-order valence-electron chi connectivity index (χ3n) is 3.58. The van der Waals surface area contributed by atoms with Crippen LogP contribution in [0.5, 0.6) is 0 Å². The molecule has 0 fully saturated rings. The molecule has 0 saturated carbocycles. The molecule has 6 nitrogen and oxygen atoms in total. The zero-order chi connectivity index (χ0) is 17.3. The molecule has 24 heavy (non-hydrogen) atoms. The van der Waals surface area contributed by atoms with Crippen molar-refractivity contribution in [2.45, 2.75) is 24.6 Å². The second kappa shape index (κ2) is 6.72. The van der Waals surface area contributed by atoms with Crippen LogP contribution in [0.4, 0.5) is 0 Å². The lowest BCUT2D eigenvalue weighted by atomic mass is 10.1. The Morgan fingerprint density at radius 1 is 1.33 bits per heavy atom. The summed E-state index contributed by atoms with van der Waals surface area (Å²) < 4.78 is 34.8. The van der Waals surface area contributed by atoms with Crippen molar-refractivity contribution in [3.05, 3.63) is 46.3 Å². The van der Waals surface area contributed by atoms with Crippen molar-refractivity contribution < 1.29 is 12.8 Å². The molecule has 128 valence electrons. The quantitative estimate of drug-likeness (QED) is 0.704. The largest absolute Gasteiger partial charge is 0.464 e. The predicted molar refractivity (Wildman–Crippen MR) is 93.9 cm³/mol. The summed E-state index contributed by atoms with van der Waals surface area (Å²) in [5, 5.41) is 4.47. The Balaban J connectivity index is 1.71. The van der Waals surface area contributed by atoms with Crippen molar-refractivity contribution in [2.24, 2.45) is 0 Å². The fourth-order valence-corrected chi connectivity index (χ4v) is 5.04. The third kappa shape index (κ3) is 3.41. The first-order chi connectivity index (χ1) is 11.4. The highest BCUT2D eigenvalue weighted by molar-refractivity contribution is 7.91. The number of furan rings is 1. The molecule has 3 aromatic heterocycles. The van der Waals surface area contributed by atoms with E-state index < -0.39 is 10.0 Å². The summed E-state index contributed by atoms with van der Waals surface area (Å²) >= 11 is 6.82. The number of aromatic nitrogens is 2. The van der Waals surface area contributed by atoms with Gasteiger partial charge in [0.05, 0.1) is 28.4 Å². The average Bonchev–Trinajstić information content (AvgIpc) is 3.22. The van der Waals surface area contributed by atoms with Crippen molar-refractivity contribution >= 4 is 33.0 Å². The summed E-state index contributed by atoms with van der Waals surface area (Å²) in [6, 6.07) is 6.77. The van der Waals surface area contributed by atoms with Gasteiger partial charge in [-0.25, -0.2) is 13.1 Å². The van der Waals surface area contributed by atoms with E-state index in [0.29, 0.717) is 10.9 Å². The zero-order valence-corrected chi connectivity index (χ0v) is 15.5. The van der Waals surface area contributed by atoms with Crippen LogP contribution in [0.15, 0.2) is 39.2 Å². The van der Waals surface area contributed by atoms with Gasteiger partial charge in [0.15, 0.2) is 0 Å². The van der Waals surface area contributed by atoms with Gasteiger partial charge in [0.2, 0.25) is 10.0 Å². The van der Waals surface area contributed by atoms with E-state index in [2.05, 4.69) is 9.82 Å². The molecule has 0 aliphatic heterocycles. The van der Waals surface area contributed by atoms with Crippen LogP contribution < -0.4 is 4.72 Å². The van der Waals surface area contributed by atoms with Crippen LogP contribution in [0.1, 0.15) is 11.4 Å². The molecule has 0 aromatic carbocycles. The summed E-state index contributed by atoms with van der Waals surface area (Å²) in [7, 11) is -3.54. The number of hydrogen-bond acceptors (Lipinski definition) is 5. The third-order valence-corrected chi connectivity index (χ3v) is 6.76. The van der Waals surface area contributed by atoms with E-state index in [4.69, 9.17) is 16.0 Å². The Labute approximate surface area is 149 Å². The number of thiophene rings is 1. The molecule has 3 rings (SSSR count). The maximum Gasteiger partial charge on any atom is 0.250 e. The van der Waals surface area contributed by atoms with Crippen molar-refractivity contribution in [1.82, 2.24) is 14.5 Å². The first-order valence-corrected chi connectivity index (χ1v) is 9.89. The number of halogens is 1. The summed E-state index contributed by atoms with van der Waals surface area (Å²) in [5.74, 6) is 0.755. The molecule has 0 radical (unpaired) electrons. The normalized spacial score (nSPS) is 12.0. The van der Waals surface area contributed by atoms with Crippen molar-refractivity contribution in [2.75, 3.05) is 6.54 Å². The molecule has 1 N–H and O–H groups in total. The zero-order valence-electron chi connectivity index (χ0n) is 13.1. The lowest BCUT2D eigenvalue weighted by Gasteiger charge is -2.07. The van der Waals surface area contributed by atoms with Crippen LogP contribution in [0.3, 0.4) is 0 Å². The highest BCUT2D eigenvalue weighted by Gasteiger charge is 2.18. The fraction of sp³-hybridized carbons (Fsp3) is 0.267. The van der Waals surface area contributed by atoms with E-state index in [0.717, 1.165) is 34.0 Å². The Bertz CT molecular complexity index is 943. The van der Waals surface area contributed by atoms with Gasteiger partial charge in [0.1, 0.15) is 9.97 Å². The van der Waals surface area contributed by atoms with E-state index >= 15 is 0 Å². The molecule has 0 unspecified atom stereocenters. The summed E-state index contributed by atoms with van der Waals surface area (Å²) in [5.41, 5.74) is 2.71. The number of aryl methyl sites for hydroxylation is 1. The summed E-state index contributed by atoms with van der Waals surface area (Å²) in [6.45, 7) is 4.49. The van der Waals surface area contributed by atoms with Crippen molar-refractivity contribution in [3.8, 4) is 11.3 Å². The van der Waals surface area contributed by atoms with Crippen LogP contribution in [0, 0.1) is 13.8 Å². The molecule has 3 aromatic rings. The maximum absolute atomic E-state index is 12.2. The van der Waals surface area contributed by atoms with Crippen molar-refractivity contribution in [3.63, 3.8) is 0 Å². The number of nitrogens with one attached hydrogen (secondary N) is 1. The first-order valence-electron chi connectivity index (χ1n) is 7.21. The van der Waals surface area contributed by atoms with Gasteiger partial charge >= 0.3 is 0 Å². The summed E-state index contributed by atoms with van der Waals surface area (Å²) in [4.78, 5) is 0. The monoisotopic (exact) mass is 385 g/mol. The second-order valence-electron chi connectivity index (χ2n) is 5.20. The van der Waals surface area contributed by atoms with Crippen LogP contribution in [-0.4, -0.2) is 24.7 Å². The molecular formula is C15H16ClN3O3S2. The molecular weight excluding hydrogens is 370 g/mol. The molecule has 0 bridgehead atoms. The molecule has 0 aliphatic rings. The minimum Gasteiger partial charge on any atom is -0.464 e. The lowest BCUT2D eigenvalue weighted by Crippen LogP contribution is -2.27. The van der Waals surface area contributed by atoms with Gasteiger partial charge in [-0.3, -0.25) is 4.68 Å². The van der Waals surface area contributed by atoms with Gasteiger partial charge in [0, 0.05) is 12.2 Å². The van der Waals surface area contributed by atoms with Crippen LogP contribution >= 0.6 is 22.9 Å². The Hall–Kier alpha value is -1.61. The Morgan fingerprint density at radius 2 is 2.12 bits per heavy atom. The van der Waals surface area contributed by atoms with Gasteiger partial charge in [-0.05, 0) is 38.1 Å². The van der Waals surface area contributed by atoms with Gasteiger partial charge < -0.3 is 4.42 Å². The molecule has 3 heterocycles. The number of sulfonamides is 1. The van der Waals surface area contributed by atoms with E-state index in [9.17, 15) is 8.42 Å². The predicted octanol–water partition coefficient (Wildman–Crippen LogP) is 3.45. The average molecular weight is 386 g/mol. The van der Waals surface area contributed by atoms with Crippen molar-refractivity contribution in [1.29, 1.82) is 0 Å². The smallest absolute Gasteiger partial charge is 0.250 e. The van der Waals surface area contributed by atoms with E-state index in [-0.39, 0.29) is 10.8 Å². The Morgan fingerprint density at radius 3 is 2.75 bits per heavy atom. The first kappa shape index (κ1) is 17.2. The van der Waals surface area contributed by atoms with Gasteiger partial charge in [-0.15, -0.1) is 11.3 Å². The molecule has 0 amide bonds. The highest BCUT2D eigenvalue weighted by atomic mass is 35.5. The summed E-state index contributed by atoms with van der Waals surface area (Å²) in [6.07, 6.45) is 1.62. The second-order valence-corrected chi connectivity index (χ2v) is 8.91. The lowest BCUT2D eigenvalue weighted by molar-refractivity contribution is 0.555. The molecule has 0 saturated heterocycles. The minimum atomic E-state index is -3.54. The van der Waals surface area contributed by atoms with Gasteiger partial charge in [-0.1, -0.05) is 11.6 Å². The Kier molecular flexibility index (Phi) is 4.82. The molecule has 0 atom stereocenters. The van der Waals surface area contributed by atoms with Crippen LogP contribution in [0.2, 0.25) is 4.34 Å². The van der Waals surface area contributed by atoms with Gasteiger partial charge in [-0.2, -0.15) is 5.10 Å². The highest BCUT2D eigenvalue weighted by Crippen LogP contribution is 2.27. The molecule has 0 spiro atoms. The van der Waals surface area contributed by atoms with Crippen LogP contribution in [-0.2, 0) is 16.6 Å². The minimum absolute atomic E-state index is 0.206. The van der Waals surface area contributed by atoms with E-state index in [1.54, 1.807) is 17.0 Å². The van der Waals surface area contributed by atoms with Crippen LogP contribution in [0.25, 0.3) is 11.3 Å². The number of rotatable bonds is 6. The topological polar surface area (TPSA) is 77.1 Å². The maximum atomic E-state index is 12.2. The molecule has 9 heteroatoms. The van der Waals surface area contributed by atoms with Gasteiger partial charge in [0.25, 0.3) is 0 Å².